The monoisotopic (exact) mass is 456 g/mol. The summed E-state index contributed by atoms with van der Waals surface area (Å²) in [4.78, 5) is 30.0. The van der Waals surface area contributed by atoms with Gasteiger partial charge in [-0.25, -0.2) is 9.67 Å². The van der Waals surface area contributed by atoms with Gasteiger partial charge in [-0.05, 0) is 32.0 Å². The van der Waals surface area contributed by atoms with Crippen LogP contribution in [0.15, 0.2) is 58.7 Å². The molecule has 10 heteroatoms. The Morgan fingerprint density at radius 2 is 1.78 bits per heavy atom. The minimum atomic E-state index is -2.97. The van der Waals surface area contributed by atoms with Crippen LogP contribution in [0.1, 0.15) is 30.4 Å². The number of carbonyl (C=O) groups is 1. The maximum atomic E-state index is 13.0. The lowest BCUT2D eigenvalue weighted by Crippen LogP contribution is -2.28. The first-order valence-corrected chi connectivity index (χ1v) is 10.6. The van der Waals surface area contributed by atoms with Crippen molar-refractivity contribution in [3.63, 3.8) is 0 Å². The molecule has 0 aliphatic heterocycles. The zero-order valence-corrected chi connectivity index (χ0v) is 17.9. The fourth-order valence-electron chi connectivity index (χ4n) is 3.21. The lowest BCUT2D eigenvalue weighted by Gasteiger charge is -2.13. The molecule has 0 saturated carbocycles. The summed E-state index contributed by atoms with van der Waals surface area (Å²) in [5.74, 6) is -0.545. The SMILES string of the molecule is CC(C)n1nc(C(=O)Nc2nc(-c3ccccc3OC(F)F)cs2)c2ccccc2c1=O. The summed E-state index contributed by atoms with van der Waals surface area (Å²) in [6, 6.07) is 12.8. The molecule has 32 heavy (non-hydrogen) atoms. The molecule has 0 aliphatic carbocycles. The number of amides is 1. The van der Waals surface area contributed by atoms with E-state index in [4.69, 9.17) is 0 Å². The Balaban J connectivity index is 1.67. The number of alkyl halides is 2. The van der Waals surface area contributed by atoms with E-state index in [0.717, 1.165) is 11.3 Å². The van der Waals surface area contributed by atoms with Gasteiger partial charge in [-0.2, -0.15) is 13.9 Å². The molecule has 164 valence electrons. The highest BCUT2D eigenvalue weighted by Gasteiger charge is 2.20. The molecule has 2 aromatic heterocycles. The van der Waals surface area contributed by atoms with E-state index < -0.39 is 12.5 Å². The molecule has 0 aliphatic rings. The maximum absolute atomic E-state index is 13.0. The van der Waals surface area contributed by atoms with Gasteiger partial charge in [-0.15, -0.1) is 11.3 Å². The lowest BCUT2D eigenvalue weighted by molar-refractivity contribution is -0.0494. The van der Waals surface area contributed by atoms with Gasteiger partial charge in [0.15, 0.2) is 10.8 Å². The van der Waals surface area contributed by atoms with Gasteiger partial charge in [0.1, 0.15) is 5.75 Å². The number of carbonyl (C=O) groups excluding carboxylic acids is 1. The number of nitrogens with zero attached hydrogens (tertiary/aromatic N) is 3. The minimum Gasteiger partial charge on any atom is -0.434 e. The predicted molar refractivity (Wildman–Crippen MR) is 119 cm³/mol. The average Bonchev–Trinajstić information content (AvgIpc) is 3.22. The van der Waals surface area contributed by atoms with Crippen LogP contribution in [0.4, 0.5) is 13.9 Å². The van der Waals surface area contributed by atoms with Gasteiger partial charge in [-0.3, -0.25) is 14.9 Å². The smallest absolute Gasteiger partial charge is 0.387 e. The topological polar surface area (TPSA) is 86.1 Å². The normalized spacial score (nSPS) is 11.3. The zero-order valence-electron chi connectivity index (χ0n) is 17.1. The summed E-state index contributed by atoms with van der Waals surface area (Å²) in [7, 11) is 0. The highest BCUT2D eigenvalue weighted by molar-refractivity contribution is 7.14. The van der Waals surface area contributed by atoms with E-state index in [0.29, 0.717) is 22.0 Å². The number of thiazole rings is 1. The molecule has 0 bridgehead atoms. The van der Waals surface area contributed by atoms with E-state index in [1.165, 1.54) is 10.7 Å². The molecular weight excluding hydrogens is 438 g/mol. The molecule has 0 fully saturated rings. The van der Waals surface area contributed by atoms with E-state index >= 15 is 0 Å². The van der Waals surface area contributed by atoms with Crippen molar-refractivity contribution < 1.29 is 18.3 Å². The van der Waals surface area contributed by atoms with Crippen LogP contribution in [0, 0.1) is 0 Å². The quantitative estimate of drug-likeness (QED) is 0.444. The number of ether oxygens (including phenoxy) is 1. The van der Waals surface area contributed by atoms with Crippen LogP contribution in [-0.2, 0) is 0 Å². The third-order valence-electron chi connectivity index (χ3n) is 4.64. The molecule has 0 radical (unpaired) electrons. The van der Waals surface area contributed by atoms with Gasteiger partial charge >= 0.3 is 6.61 Å². The third kappa shape index (κ3) is 4.22. The Bertz CT molecular complexity index is 1350. The number of hydrogen-bond donors (Lipinski definition) is 1. The van der Waals surface area contributed by atoms with E-state index in [9.17, 15) is 18.4 Å². The highest BCUT2D eigenvalue weighted by Crippen LogP contribution is 2.33. The highest BCUT2D eigenvalue weighted by atomic mass is 32.1. The van der Waals surface area contributed by atoms with Gasteiger partial charge in [0.05, 0.1) is 17.1 Å². The molecule has 0 saturated heterocycles. The molecule has 2 aromatic carbocycles. The van der Waals surface area contributed by atoms with Crippen molar-refractivity contribution >= 4 is 33.1 Å². The first-order valence-electron chi connectivity index (χ1n) is 9.68. The summed E-state index contributed by atoms with van der Waals surface area (Å²) in [5, 5.41) is 9.66. The maximum Gasteiger partial charge on any atom is 0.387 e. The fourth-order valence-corrected chi connectivity index (χ4v) is 3.92. The molecule has 1 N–H and O–H groups in total. The van der Waals surface area contributed by atoms with Crippen molar-refractivity contribution in [2.24, 2.45) is 0 Å². The van der Waals surface area contributed by atoms with E-state index in [1.54, 1.807) is 61.7 Å². The number of para-hydroxylation sites is 1. The van der Waals surface area contributed by atoms with Crippen molar-refractivity contribution in [1.82, 2.24) is 14.8 Å². The van der Waals surface area contributed by atoms with Crippen molar-refractivity contribution in [3.8, 4) is 17.0 Å². The van der Waals surface area contributed by atoms with Crippen molar-refractivity contribution in [1.29, 1.82) is 0 Å². The van der Waals surface area contributed by atoms with Crippen LogP contribution in [0.25, 0.3) is 22.0 Å². The Hall–Kier alpha value is -3.66. The van der Waals surface area contributed by atoms with Crippen LogP contribution in [0.2, 0.25) is 0 Å². The number of hydrogen-bond acceptors (Lipinski definition) is 6. The fraction of sp³-hybridized carbons (Fsp3) is 0.182. The molecule has 7 nitrogen and oxygen atoms in total. The van der Waals surface area contributed by atoms with E-state index in [-0.39, 0.29) is 28.2 Å². The van der Waals surface area contributed by atoms with Crippen LogP contribution in [-0.4, -0.2) is 27.3 Å². The number of nitrogens with one attached hydrogen (secondary N) is 1. The third-order valence-corrected chi connectivity index (χ3v) is 5.39. The lowest BCUT2D eigenvalue weighted by atomic mass is 10.1. The van der Waals surface area contributed by atoms with Gasteiger partial charge in [-0.1, -0.05) is 30.3 Å². The summed E-state index contributed by atoms with van der Waals surface area (Å²) < 4.78 is 31.2. The second-order valence-corrected chi connectivity index (χ2v) is 7.96. The van der Waals surface area contributed by atoms with Crippen molar-refractivity contribution in [2.75, 3.05) is 5.32 Å². The van der Waals surface area contributed by atoms with Gasteiger partial charge in [0, 0.05) is 16.3 Å². The molecular formula is C22H18F2N4O3S. The standard InChI is InChI=1S/C22H18F2N4O3S/c1-12(2)28-20(30)14-8-4-3-7-13(14)18(27-28)19(29)26-22-25-16(11-32-22)15-9-5-6-10-17(15)31-21(23)24/h3-12,21H,1-2H3,(H,25,26,29). The van der Waals surface area contributed by atoms with E-state index in [2.05, 4.69) is 20.1 Å². The first-order chi connectivity index (χ1) is 15.3. The number of fused-ring (bicyclic) bond motifs is 1. The molecule has 0 spiro atoms. The Kier molecular flexibility index (Phi) is 5.95. The molecule has 0 unspecified atom stereocenters. The largest absolute Gasteiger partial charge is 0.434 e. The number of benzene rings is 2. The molecule has 0 atom stereocenters. The second-order valence-electron chi connectivity index (χ2n) is 7.10. The number of aromatic nitrogens is 3. The van der Waals surface area contributed by atoms with Crippen molar-refractivity contribution in [3.05, 3.63) is 70.0 Å². The molecule has 4 aromatic rings. The van der Waals surface area contributed by atoms with Crippen LogP contribution < -0.4 is 15.6 Å². The molecule has 1 amide bonds. The number of rotatable bonds is 6. The Labute approximate surface area is 185 Å². The number of halogens is 2. The predicted octanol–water partition coefficient (Wildman–Crippen LogP) is 4.95. The zero-order chi connectivity index (χ0) is 22.8. The van der Waals surface area contributed by atoms with Crippen molar-refractivity contribution in [2.45, 2.75) is 26.5 Å². The molecule has 4 rings (SSSR count). The second kappa shape index (κ2) is 8.83. The van der Waals surface area contributed by atoms with Gasteiger partial charge in [0.2, 0.25) is 0 Å². The number of anilines is 1. The average molecular weight is 456 g/mol. The van der Waals surface area contributed by atoms with Gasteiger partial charge in [0.25, 0.3) is 11.5 Å². The summed E-state index contributed by atoms with van der Waals surface area (Å²) in [5.41, 5.74) is 0.569. The first kappa shape index (κ1) is 21.6. The summed E-state index contributed by atoms with van der Waals surface area (Å²) >= 11 is 1.13. The Morgan fingerprint density at radius 1 is 1.09 bits per heavy atom. The minimum absolute atomic E-state index is 0.0117. The van der Waals surface area contributed by atoms with Crippen LogP contribution >= 0.6 is 11.3 Å². The summed E-state index contributed by atoms with van der Waals surface area (Å²) in [6.07, 6.45) is 0. The van der Waals surface area contributed by atoms with Gasteiger partial charge < -0.3 is 4.74 Å². The van der Waals surface area contributed by atoms with Crippen LogP contribution in [0.5, 0.6) is 5.75 Å². The summed E-state index contributed by atoms with van der Waals surface area (Å²) in [6.45, 7) is 0.637. The van der Waals surface area contributed by atoms with E-state index in [1.807, 2.05) is 0 Å². The Morgan fingerprint density at radius 3 is 2.50 bits per heavy atom. The van der Waals surface area contributed by atoms with Crippen LogP contribution in [0.3, 0.4) is 0 Å². The molecule has 2 heterocycles.